The first-order valence-corrected chi connectivity index (χ1v) is 10.6. The molecule has 0 atom stereocenters. The second-order valence-corrected chi connectivity index (χ2v) is 10.4. The minimum absolute atomic E-state index is 0.0364. The van der Waals surface area contributed by atoms with Gasteiger partial charge in [0.2, 0.25) is 5.91 Å². The molecule has 0 fully saturated rings. The first-order valence-electron chi connectivity index (χ1n) is 10.6. The fraction of sp³-hybridized carbons (Fsp3) is 0.542. The molecule has 1 aromatic heterocycles. The summed E-state index contributed by atoms with van der Waals surface area (Å²) in [5.41, 5.74) is 0.303. The number of halogens is 1. The number of nitrogens with one attached hydrogen (secondary N) is 1. The Labute approximate surface area is 184 Å². The summed E-state index contributed by atoms with van der Waals surface area (Å²) in [7, 11) is 0. The molecule has 7 heteroatoms. The third kappa shape index (κ3) is 6.39. The first-order chi connectivity index (χ1) is 14.2. The Kier molecular flexibility index (Phi) is 7.29. The first kappa shape index (κ1) is 24.6. The molecule has 0 aliphatic rings. The molecule has 2 aromatic rings. The maximum Gasteiger partial charge on any atom is 0.257 e. The van der Waals surface area contributed by atoms with E-state index in [1.807, 2.05) is 40.7 Å². The Bertz CT molecular complexity index is 936. The van der Waals surface area contributed by atoms with Crippen LogP contribution in [0.2, 0.25) is 0 Å². The van der Waals surface area contributed by atoms with Crippen LogP contribution < -0.4 is 5.32 Å². The summed E-state index contributed by atoms with van der Waals surface area (Å²) in [4.78, 5) is 27.3. The summed E-state index contributed by atoms with van der Waals surface area (Å²) in [6.45, 7) is 16.3. The van der Waals surface area contributed by atoms with Gasteiger partial charge in [-0.1, -0.05) is 46.8 Å². The third-order valence-electron chi connectivity index (χ3n) is 4.69. The van der Waals surface area contributed by atoms with Crippen LogP contribution in [0.3, 0.4) is 0 Å². The molecular formula is C24H35FN4O2. The lowest BCUT2D eigenvalue weighted by Crippen LogP contribution is -2.41. The predicted octanol–water partition coefficient (Wildman–Crippen LogP) is 4.81. The van der Waals surface area contributed by atoms with Crippen molar-refractivity contribution in [3.8, 4) is 0 Å². The van der Waals surface area contributed by atoms with Crippen LogP contribution in [-0.2, 0) is 15.7 Å². The molecular weight excluding hydrogens is 395 g/mol. The number of hydrogen-bond acceptors (Lipinski definition) is 3. The van der Waals surface area contributed by atoms with Crippen LogP contribution >= 0.6 is 0 Å². The molecule has 0 bridgehead atoms. The van der Waals surface area contributed by atoms with E-state index < -0.39 is 11.7 Å². The summed E-state index contributed by atoms with van der Waals surface area (Å²) in [6, 6.07) is 7.70. The number of hydrogen-bond donors (Lipinski definition) is 1. The lowest BCUT2D eigenvalue weighted by molar-refractivity contribution is -0.117. The second kappa shape index (κ2) is 9.20. The molecule has 0 saturated heterocycles. The van der Waals surface area contributed by atoms with E-state index in [0.29, 0.717) is 12.4 Å². The molecule has 0 aliphatic heterocycles. The minimum atomic E-state index is -0.595. The molecule has 0 radical (unpaired) electrons. The van der Waals surface area contributed by atoms with Gasteiger partial charge in [-0.15, -0.1) is 0 Å². The van der Waals surface area contributed by atoms with Crippen molar-refractivity contribution < 1.29 is 14.0 Å². The number of carbonyl (C=O) groups excluding carboxylic acids is 2. The van der Waals surface area contributed by atoms with Gasteiger partial charge in [0.05, 0.1) is 16.8 Å². The highest BCUT2D eigenvalue weighted by Gasteiger charge is 2.27. The number of nitrogens with zero attached hydrogens (tertiary/aromatic N) is 3. The van der Waals surface area contributed by atoms with E-state index in [4.69, 9.17) is 5.10 Å². The van der Waals surface area contributed by atoms with E-state index in [1.54, 1.807) is 10.7 Å². The van der Waals surface area contributed by atoms with E-state index in [-0.39, 0.29) is 34.9 Å². The van der Waals surface area contributed by atoms with Gasteiger partial charge in [0.25, 0.3) is 5.91 Å². The molecule has 6 nitrogen and oxygen atoms in total. The molecule has 1 N–H and O–H groups in total. The molecule has 2 amide bonds. The molecule has 0 unspecified atom stereocenters. The van der Waals surface area contributed by atoms with Crippen molar-refractivity contribution in [3.63, 3.8) is 0 Å². The normalized spacial score (nSPS) is 12.2. The molecule has 0 saturated carbocycles. The average molecular weight is 431 g/mol. The molecule has 0 aliphatic carbocycles. The van der Waals surface area contributed by atoms with Crippen molar-refractivity contribution in [1.82, 2.24) is 14.7 Å². The topological polar surface area (TPSA) is 67.2 Å². The fourth-order valence-electron chi connectivity index (χ4n) is 3.17. The summed E-state index contributed by atoms with van der Waals surface area (Å²) < 4.78 is 15.9. The molecule has 31 heavy (non-hydrogen) atoms. The Morgan fingerprint density at radius 2 is 1.74 bits per heavy atom. The molecule has 2 rings (SSSR count). The zero-order valence-electron chi connectivity index (χ0n) is 19.9. The Morgan fingerprint density at radius 3 is 2.26 bits per heavy atom. The molecule has 1 aromatic carbocycles. The van der Waals surface area contributed by atoms with Gasteiger partial charge >= 0.3 is 0 Å². The zero-order chi connectivity index (χ0) is 23.6. The Hall–Kier alpha value is -2.70. The van der Waals surface area contributed by atoms with E-state index >= 15 is 0 Å². The van der Waals surface area contributed by atoms with Crippen molar-refractivity contribution in [2.75, 3.05) is 18.4 Å². The lowest BCUT2D eigenvalue weighted by Gasteiger charge is -2.26. The van der Waals surface area contributed by atoms with Gasteiger partial charge in [0.15, 0.2) is 0 Å². The van der Waals surface area contributed by atoms with Crippen LogP contribution in [0.4, 0.5) is 10.2 Å². The quantitative estimate of drug-likeness (QED) is 0.715. The smallest absolute Gasteiger partial charge is 0.257 e. The summed E-state index contributed by atoms with van der Waals surface area (Å²) >= 11 is 0. The van der Waals surface area contributed by atoms with Crippen LogP contribution in [0, 0.1) is 11.7 Å². The number of amides is 2. The minimum Gasteiger partial charge on any atom is -0.329 e. The van der Waals surface area contributed by atoms with Gasteiger partial charge in [-0.25, -0.2) is 9.07 Å². The van der Waals surface area contributed by atoms with Gasteiger partial charge in [0, 0.05) is 18.0 Å². The van der Waals surface area contributed by atoms with Gasteiger partial charge in [0.1, 0.15) is 18.2 Å². The monoisotopic (exact) mass is 430 g/mol. The summed E-state index contributed by atoms with van der Waals surface area (Å²) in [5.74, 6) is -0.749. The highest BCUT2D eigenvalue weighted by molar-refractivity contribution is 5.99. The maximum absolute atomic E-state index is 14.2. The second-order valence-electron chi connectivity index (χ2n) is 10.4. The number of aromatic nitrogens is 2. The van der Waals surface area contributed by atoms with Crippen LogP contribution in [0.5, 0.6) is 0 Å². The SMILES string of the molecule is CC(C)CN(CC(=O)Nc1cc(C(C)(C)C)nn1C(C)(C)C)C(=O)c1ccccc1F. The van der Waals surface area contributed by atoms with Crippen LogP contribution in [-0.4, -0.2) is 39.6 Å². The average Bonchev–Trinajstić information content (AvgIpc) is 3.05. The zero-order valence-corrected chi connectivity index (χ0v) is 19.9. The summed E-state index contributed by atoms with van der Waals surface area (Å²) in [6.07, 6.45) is 0. The van der Waals surface area contributed by atoms with Gasteiger partial charge in [-0.2, -0.15) is 5.10 Å². The molecule has 170 valence electrons. The van der Waals surface area contributed by atoms with Crippen molar-refractivity contribution in [2.24, 2.45) is 5.92 Å². The lowest BCUT2D eigenvalue weighted by atomic mass is 9.92. The number of benzene rings is 1. The number of rotatable bonds is 6. The maximum atomic E-state index is 14.2. The van der Waals surface area contributed by atoms with E-state index in [1.165, 1.54) is 23.1 Å². The van der Waals surface area contributed by atoms with Crippen molar-refractivity contribution in [1.29, 1.82) is 0 Å². The van der Waals surface area contributed by atoms with Crippen molar-refractivity contribution >= 4 is 17.6 Å². The fourth-order valence-corrected chi connectivity index (χ4v) is 3.17. The van der Waals surface area contributed by atoms with E-state index in [0.717, 1.165) is 5.69 Å². The van der Waals surface area contributed by atoms with Crippen LogP contribution in [0.25, 0.3) is 0 Å². The third-order valence-corrected chi connectivity index (χ3v) is 4.69. The van der Waals surface area contributed by atoms with Gasteiger partial charge in [-0.05, 0) is 38.8 Å². The van der Waals surface area contributed by atoms with Crippen LogP contribution in [0.1, 0.15) is 71.4 Å². The van der Waals surface area contributed by atoms with Crippen molar-refractivity contribution in [3.05, 3.63) is 47.4 Å². The van der Waals surface area contributed by atoms with Crippen molar-refractivity contribution in [2.45, 2.75) is 66.3 Å². The largest absolute Gasteiger partial charge is 0.329 e. The number of carbonyl (C=O) groups is 2. The van der Waals surface area contributed by atoms with E-state index in [2.05, 4.69) is 26.1 Å². The van der Waals surface area contributed by atoms with Gasteiger partial charge in [-0.3, -0.25) is 9.59 Å². The van der Waals surface area contributed by atoms with Crippen LogP contribution in [0.15, 0.2) is 30.3 Å². The molecule has 1 heterocycles. The van der Waals surface area contributed by atoms with Gasteiger partial charge < -0.3 is 10.2 Å². The van der Waals surface area contributed by atoms with E-state index in [9.17, 15) is 14.0 Å². The Morgan fingerprint density at radius 1 is 1.13 bits per heavy atom. The standard InChI is InChI=1S/C24H35FN4O2/c1-16(2)14-28(22(31)17-11-9-10-12-18(17)25)15-21(30)26-20-13-19(23(3,4)5)27-29(20)24(6,7)8/h9-13,16H,14-15H2,1-8H3,(H,26,30). The number of anilines is 1. The summed E-state index contributed by atoms with van der Waals surface area (Å²) in [5, 5.41) is 7.61. The molecule has 0 spiro atoms. The highest BCUT2D eigenvalue weighted by atomic mass is 19.1. The Balaban J connectivity index is 2.28. The predicted molar refractivity (Wildman–Crippen MR) is 122 cm³/mol. The highest BCUT2D eigenvalue weighted by Crippen LogP contribution is 2.28.